The predicted molar refractivity (Wildman–Crippen MR) is 170 cm³/mol. The highest BCUT2D eigenvalue weighted by Crippen LogP contribution is 2.31. The third-order valence-electron chi connectivity index (χ3n) is 7.43. The molecule has 4 rings (SSSR count). The number of thiazole rings is 1. The van der Waals surface area contributed by atoms with Gasteiger partial charge in [0.1, 0.15) is 5.69 Å². The molecule has 0 atom stereocenters. The van der Waals surface area contributed by atoms with Gasteiger partial charge in [-0.15, -0.1) is 22.7 Å². The molecule has 12 nitrogen and oxygen atoms in total. The number of hydrogen-bond acceptors (Lipinski definition) is 10. The Bertz CT molecular complexity index is 1380. The van der Waals surface area contributed by atoms with Crippen molar-refractivity contribution in [2.75, 3.05) is 52.5 Å². The van der Waals surface area contributed by atoms with E-state index in [4.69, 9.17) is 35.0 Å². The first-order valence-corrected chi connectivity index (χ1v) is 17.1. The maximum absolute atomic E-state index is 13.1. The minimum Gasteiger partial charge on any atom is -0.475 e. The zero-order chi connectivity index (χ0) is 37.7. The van der Waals surface area contributed by atoms with Gasteiger partial charge in [-0.2, -0.15) is 26.3 Å². The Balaban J connectivity index is 0.000000521. The monoisotopic (exact) mass is 762 g/mol. The normalized spacial score (nSPS) is 16.3. The highest BCUT2D eigenvalue weighted by atomic mass is 32.1. The average Bonchev–Trinajstić information content (AvgIpc) is 3.70. The number of aliphatic carboxylic acids is 2. The Morgan fingerprint density at radius 3 is 2.10 bits per heavy atom. The Kier molecular flexibility index (Phi) is 16.6. The van der Waals surface area contributed by atoms with Crippen LogP contribution in [0.15, 0.2) is 16.8 Å². The van der Waals surface area contributed by atoms with Crippen molar-refractivity contribution in [3.8, 4) is 0 Å². The Morgan fingerprint density at radius 1 is 0.980 bits per heavy atom. The van der Waals surface area contributed by atoms with E-state index in [2.05, 4.69) is 35.2 Å². The lowest BCUT2D eigenvalue weighted by molar-refractivity contribution is -0.193. The van der Waals surface area contributed by atoms with Gasteiger partial charge in [-0.3, -0.25) is 9.59 Å². The van der Waals surface area contributed by atoms with Crippen LogP contribution in [0.25, 0.3) is 0 Å². The second-order valence-corrected chi connectivity index (χ2v) is 13.6. The van der Waals surface area contributed by atoms with E-state index >= 15 is 0 Å². The molecule has 0 saturated carbocycles. The van der Waals surface area contributed by atoms with E-state index < -0.39 is 24.3 Å². The number of carbonyl (C=O) groups is 4. The summed E-state index contributed by atoms with van der Waals surface area (Å²) >= 11 is 3.34. The molecule has 1 spiro atoms. The van der Waals surface area contributed by atoms with Crippen molar-refractivity contribution in [2.45, 2.75) is 69.8 Å². The standard InChI is InChI=1S/C26H38N4O4S2.2C2HF3O2/c1-19(2)24-28-22(17-36-24)25(32)30-11-14-34-26(18-30)6-9-29(10-7-26)8-3-20-15-21(35-16-20)4-12-33-13-5-23(27)31;2*3-2(4,5)1(6)7/h15-17,19H,3-14,18H2,1-2H3,(H2,27,31);2*(H,6,7). The van der Waals surface area contributed by atoms with E-state index in [1.165, 1.54) is 10.4 Å². The maximum Gasteiger partial charge on any atom is 0.490 e. The number of rotatable bonds is 11. The molecule has 2 aromatic heterocycles. The maximum atomic E-state index is 13.1. The molecule has 4 heterocycles. The average molecular weight is 763 g/mol. The van der Waals surface area contributed by atoms with Gasteiger partial charge in [-0.25, -0.2) is 14.6 Å². The van der Waals surface area contributed by atoms with Crippen LogP contribution < -0.4 is 5.73 Å². The SMILES string of the molecule is CC(C)c1nc(C(=O)N2CCOC3(CCN(CCc4csc(CCOCCC(N)=O)c4)CC3)C2)cs1.O=C(O)C(F)(F)F.O=C(O)C(F)(F)F. The number of likely N-dealkylation sites (tertiary alicyclic amines) is 1. The minimum absolute atomic E-state index is 0.0368. The summed E-state index contributed by atoms with van der Waals surface area (Å²) in [6.07, 6.45) is -6.11. The highest BCUT2D eigenvalue weighted by molar-refractivity contribution is 7.10. The summed E-state index contributed by atoms with van der Waals surface area (Å²) in [6.45, 7) is 10.1. The molecular weight excluding hydrogens is 722 g/mol. The molecule has 0 bridgehead atoms. The number of amides is 2. The number of aromatic nitrogens is 1. The van der Waals surface area contributed by atoms with Gasteiger partial charge in [-0.05, 0) is 36.3 Å². The van der Waals surface area contributed by atoms with Crippen LogP contribution in [0.3, 0.4) is 0 Å². The lowest BCUT2D eigenvalue weighted by Gasteiger charge is -2.47. The molecule has 0 aliphatic carbocycles. The zero-order valence-corrected chi connectivity index (χ0v) is 29.0. The smallest absolute Gasteiger partial charge is 0.475 e. The largest absolute Gasteiger partial charge is 0.490 e. The number of carbonyl (C=O) groups excluding carboxylic acids is 2. The quantitative estimate of drug-likeness (QED) is 0.217. The van der Waals surface area contributed by atoms with Crippen LogP contribution in [0.4, 0.5) is 26.3 Å². The van der Waals surface area contributed by atoms with Crippen molar-refractivity contribution < 1.29 is 65.2 Å². The summed E-state index contributed by atoms with van der Waals surface area (Å²) < 4.78 is 75.2. The number of alkyl halides is 6. The second kappa shape index (κ2) is 19.3. The molecule has 0 unspecified atom stereocenters. The molecular formula is C30H40F6N4O8S2. The van der Waals surface area contributed by atoms with Crippen molar-refractivity contribution in [1.82, 2.24) is 14.8 Å². The predicted octanol–water partition coefficient (Wildman–Crippen LogP) is 4.58. The Labute approximate surface area is 292 Å². The van der Waals surface area contributed by atoms with Crippen LogP contribution in [0.1, 0.15) is 65.0 Å². The van der Waals surface area contributed by atoms with E-state index in [1.54, 1.807) is 22.7 Å². The molecule has 2 fully saturated rings. The Morgan fingerprint density at radius 2 is 1.58 bits per heavy atom. The van der Waals surface area contributed by atoms with Gasteiger partial charge in [0.25, 0.3) is 5.91 Å². The van der Waals surface area contributed by atoms with Gasteiger partial charge in [0.05, 0.1) is 37.0 Å². The number of carboxylic acid groups (broad SMARTS) is 2. The number of halogens is 6. The zero-order valence-electron chi connectivity index (χ0n) is 27.3. The summed E-state index contributed by atoms with van der Waals surface area (Å²) in [7, 11) is 0. The van der Waals surface area contributed by atoms with Crippen LogP contribution in [-0.2, 0) is 36.7 Å². The van der Waals surface area contributed by atoms with E-state index in [0.717, 1.165) is 50.3 Å². The van der Waals surface area contributed by atoms with E-state index in [9.17, 15) is 35.9 Å². The fourth-order valence-corrected chi connectivity index (χ4v) is 6.46. The third kappa shape index (κ3) is 14.9. The molecule has 2 aromatic rings. The van der Waals surface area contributed by atoms with E-state index in [-0.39, 0.29) is 23.8 Å². The third-order valence-corrected chi connectivity index (χ3v) is 9.62. The molecule has 2 saturated heterocycles. The van der Waals surface area contributed by atoms with Crippen LogP contribution in [0.5, 0.6) is 0 Å². The summed E-state index contributed by atoms with van der Waals surface area (Å²) in [5.41, 5.74) is 6.84. The lowest BCUT2D eigenvalue weighted by atomic mass is 9.89. The number of piperidine rings is 1. The summed E-state index contributed by atoms with van der Waals surface area (Å²) in [5, 5.41) is 19.4. The summed E-state index contributed by atoms with van der Waals surface area (Å²) in [4.78, 5) is 52.0. The van der Waals surface area contributed by atoms with Crippen molar-refractivity contribution in [3.63, 3.8) is 0 Å². The molecule has 0 aromatic carbocycles. The lowest BCUT2D eigenvalue weighted by Crippen LogP contribution is -2.58. The van der Waals surface area contributed by atoms with Gasteiger partial charge >= 0.3 is 24.3 Å². The number of morpholine rings is 1. The van der Waals surface area contributed by atoms with Crippen LogP contribution in [-0.4, -0.2) is 119 Å². The van der Waals surface area contributed by atoms with Crippen molar-refractivity contribution in [2.24, 2.45) is 5.73 Å². The number of ether oxygens (including phenoxy) is 2. The van der Waals surface area contributed by atoms with Crippen LogP contribution in [0, 0.1) is 0 Å². The van der Waals surface area contributed by atoms with Gasteiger partial charge < -0.3 is 35.2 Å². The molecule has 4 N–H and O–H groups in total. The van der Waals surface area contributed by atoms with Gasteiger partial charge in [0, 0.05) is 55.2 Å². The molecule has 2 aliphatic heterocycles. The number of carboxylic acids is 2. The first kappa shape index (κ1) is 42.8. The molecule has 2 aliphatic rings. The van der Waals surface area contributed by atoms with Crippen molar-refractivity contribution >= 4 is 46.4 Å². The minimum atomic E-state index is -5.08. The number of thiophene rings is 1. The second-order valence-electron chi connectivity index (χ2n) is 11.7. The molecule has 2 amide bonds. The Hall–Kier alpha value is -3.33. The van der Waals surface area contributed by atoms with Crippen LogP contribution >= 0.6 is 22.7 Å². The van der Waals surface area contributed by atoms with Gasteiger partial charge in [-0.1, -0.05) is 13.8 Å². The van der Waals surface area contributed by atoms with Gasteiger partial charge in [0.2, 0.25) is 5.91 Å². The number of primary amides is 1. The number of nitrogens with zero attached hydrogens (tertiary/aromatic N) is 3. The summed E-state index contributed by atoms with van der Waals surface area (Å²) in [6, 6.07) is 2.27. The van der Waals surface area contributed by atoms with Gasteiger partial charge in [0.15, 0.2) is 0 Å². The van der Waals surface area contributed by atoms with Crippen molar-refractivity contribution in [3.05, 3.63) is 38.0 Å². The van der Waals surface area contributed by atoms with Crippen molar-refractivity contribution in [1.29, 1.82) is 0 Å². The fourth-order valence-electron chi connectivity index (χ4n) is 4.74. The topological polar surface area (TPSA) is 173 Å². The van der Waals surface area contributed by atoms with Crippen LogP contribution in [0.2, 0.25) is 0 Å². The highest BCUT2D eigenvalue weighted by Gasteiger charge is 2.41. The fraction of sp³-hybridized carbons (Fsp3) is 0.633. The first-order chi connectivity index (χ1) is 23.2. The molecule has 50 heavy (non-hydrogen) atoms. The number of hydrogen-bond donors (Lipinski definition) is 3. The molecule has 0 radical (unpaired) electrons. The van der Waals surface area contributed by atoms with E-state index in [1.807, 2.05) is 10.3 Å². The molecule has 20 heteroatoms. The molecule has 282 valence electrons. The number of nitrogens with two attached hydrogens (primary N) is 1. The van der Waals surface area contributed by atoms with E-state index in [0.29, 0.717) is 44.5 Å². The first-order valence-electron chi connectivity index (χ1n) is 15.4. The summed E-state index contributed by atoms with van der Waals surface area (Å²) in [5.74, 6) is -5.46.